The van der Waals surface area contributed by atoms with Gasteiger partial charge in [0.2, 0.25) is 0 Å². The van der Waals surface area contributed by atoms with Crippen LogP contribution in [-0.2, 0) is 0 Å². The van der Waals surface area contributed by atoms with E-state index < -0.39 is 0 Å². The third-order valence-corrected chi connectivity index (χ3v) is 1.59. The molecule has 0 amide bonds. The van der Waals surface area contributed by atoms with Gasteiger partial charge in [0, 0.05) is 20.3 Å². The SMILES string of the molecule is CN(C)c1ncccc1OC(C)(C)C. The Bertz CT molecular complexity index is 302. The van der Waals surface area contributed by atoms with E-state index in [1.807, 2.05) is 51.9 Å². The molecule has 0 aromatic carbocycles. The molecule has 1 aromatic rings. The number of hydrogen-bond donors (Lipinski definition) is 0. The third-order valence-electron chi connectivity index (χ3n) is 1.59. The number of anilines is 1. The predicted octanol–water partition coefficient (Wildman–Crippen LogP) is 2.32. The Morgan fingerprint density at radius 2 is 1.93 bits per heavy atom. The molecule has 0 saturated heterocycles. The van der Waals surface area contributed by atoms with Crippen LogP contribution < -0.4 is 9.64 Å². The zero-order valence-electron chi connectivity index (χ0n) is 9.53. The Labute approximate surface area is 85.7 Å². The Balaban J connectivity index is 2.96. The molecule has 0 saturated carbocycles. The number of pyridine rings is 1. The summed E-state index contributed by atoms with van der Waals surface area (Å²) in [4.78, 5) is 6.21. The number of aromatic nitrogens is 1. The summed E-state index contributed by atoms with van der Waals surface area (Å²) in [5, 5.41) is 0. The minimum Gasteiger partial charge on any atom is -0.484 e. The Kier molecular flexibility index (Phi) is 2.99. The summed E-state index contributed by atoms with van der Waals surface area (Å²) in [5.41, 5.74) is -0.187. The molecule has 0 N–H and O–H groups in total. The normalized spacial score (nSPS) is 11.2. The molecule has 0 unspecified atom stereocenters. The average molecular weight is 194 g/mol. The van der Waals surface area contributed by atoms with E-state index in [2.05, 4.69) is 4.98 Å². The standard InChI is InChI=1S/C11H18N2O/c1-11(2,3)14-9-7-6-8-12-10(9)13(4)5/h6-8H,1-5H3. The molecule has 0 radical (unpaired) electrons. The number of nitrogens with zero attached hydrogens (tertiary/aromatic N) is 2. The lowest BCUT2D eigenvalue weighted by Crippen LogP contribution is -2.24. The first-order valence-electron chi connectivity index (χ1n) is 4.71. The first-order chi connectivity index (χ1) is 6.40. The highest BCUT2D eigenvalue weighted by Gasteiger charge is 2.15. The molecule has 78 valence electrons. The van der Waals surface area contributed by atoms with Crippen molar-refractivity contribution >= 4 is 5.82 Å². The van der Waals surface area contributed by atoms with Crippen molar-refractivity contribution in [2.24, 2.45) is 0 Å². The van der Waals surface area contributed by atoms with Gasteiger partial charge in [0.25, 0.3) is 0 Å². The maximum Gasteiger partial charge on any atom is 0.170 e. The van der Waals surface area contributed by atoms with Gasteiger partial charge in [-0.15, -0.1) is 0 Å². The van der Waals surface area contributed by atoms with Crippen LogP contribution in [0.2, 0.25) is 0 Å². The van der Waals surface area contributed by atoms with E-state index in [9.17, 15) is 0 Å². The van der Waals surface area contributed by atoms with Crippen LogP contribution in [-0.4, -0.2) is 24.7 Å². The topological polar surface area (TPSA) is 25.4 Å². The summed E-state index contributed by atoms with van der Waals surface area (Å²) in [5.74, 6) is 1.69. The van der Waals surface area contributed by atoms with Gasteiger partial charge in [0.1, 0.15) is 5.60 Å². The smallest absolute Gasteiger partial charge is 0.170 e. The van der Waals surface area contributed by atoms with Gasteiger partial charge in [-0.1, -0.05) is 0 Å². The number of ether oxygens (including phenoxy) is 1. The molecule has 3 nitrogen and oxygen atoms in total. The van der Waals surface area contributed by atoms with Crippen LogP contribution in [0.5, 0.6) is 5.75 Å². The van der Waals surface area contributed by atoms with Gasteiger partial charge >= 0.3 is 0 Å². The van der Waals surface area contributed by atoms with Crippen LogP contribution in [0.1, 0.15) is 20.8 Å². The lowest BCUT2D eigenvalue weighted by Gasteiger charge is -2.24. The number of rotatable bonds is 2. The van der Waals surface area contributed by atoms with E-state index in [-0.39, 0.29) is 5.60 Å². The van der Waals surface area contributed by atoms with Gasteiger partial charge in [0.15, 0.2) is 11.6 Å². The molecule has 0 aliphatic carbocycles. The fraction of sp³-hybridized carbons (Fsp3) is 0.545. The Hall–Kier alpha value is -1.25. The molecule has 0 spiro atoms. The first kappa shape index (κ1) is 10.8. The molecule has 0 aliphatic heterocycles. The van der Waals surface area contributed by atoms with Crippen LogP contribution in [0.15, 0.2) is 18.3 Å². The van der Waals surface area contributed by atoms with E-state index in [0.717, 1.165) is 11.6 Å². The van der Waals surface area contributed by atoms with Crippen molar-refractivity contribution < 1.29 is 4.74 Å². The number of hydrogen-bond acceptors (Lipinski definition) is 3. The zero-order chi connectivity index (χ0) is 10.8. The van der Waals surface area contributed by atoms with E-state index in [1.54, 1.807) is 6.20 Å². The maximum atomic E-state index is 5.79. The second kappa shape index (κ2) is 3.86. The summed E-state index contributed by atoms with van der Waals surface area (Å²) in [7, 11) is 3.91. The van der Waals surface area contributed by atoms with E-state index in [4.69, 9.17) is 4.74 Å². The van der Waals surface area contributed by atoms with Gasteiger partial charge in [-0.25, -0.2) is 4.98 Å². The van der Waals surface area contributed by atoms with Gasteiger partial charge in [0.05, 0.1) is 0 Å². The molecule has 0 bridgehead atoms. The zero-order valence-corrected chi connectivity index (χ0v) is 9.53. The Morgan fingerprint density at radius 3 is 2.43 bits per heavy atom. The van der Waals surface area contributed by atoms with Crippen molar-refractivity contribution in [3.8, 4) is 5.75 Å². The quantitative estimate of drug-likeness (QED) is 0.722. The molecule has 14 heavy (non-hydrogen) atoms. The average Bonchev–Trinajstić information content (AvgIpc) is 2.01. The van der Waals surface area contributed by atoms with Crippen LogP contribution in [0.3, 0.4) is 0 Å². The highest BCUT2D eigenvalue weighted by molar-refractivity contribution is 5.50. The van der Waals surface area contributed by atoms with E-state index in [1.165, 1.54) is 0 Å². The fourth-order valence-electron chi connectivity index (χ4n) is 1.13. The van der Waals surface area contributed by atoms with Crippen molar-refractivity contribution in [2.45, 2.75) is 26.4 Å². The van der Waals surface area contributed by atoms with Crippen LogP contribution in [0.4, 0.5) is 5.82 Å². The Morgan fingerprint density at radius 1 is 1.29 bits per heavy atom. The van der Waals surface area contributed by atoms with Gasteiger partial charge in [-0.2, -0.15) is 0 Å². The van der Waals surface area contributed by atoms with Gasteiger partial charge in [-0.05, 0) is 32.9 Å². The second-order valence-corrected chi connectivity index (χ2v) is 4.43. The molecule has 3 heteroatoms. The molecule has 0 atom stereocenters. The van der Waals surface area contributed by atoms with Crippen molar-refractivity contribution in [3.63, 3.8) is 0 Å². The molecule has 1 rings (SSSR count). The molecule has 0 aliphatic rings. The summed E-state index contributed by atoms with van der Waals surface area (Å²) in [6.45, 7) is 6.08. The van der Waals surface area contributed by atoms with Crippen molar-refractivity contribution in [3.05, 3.63) is 18.3 Å². The van der Waals surface area contributed by atoms with Gasteiger partial charge in [-0.3, -0.25) is 0 Å². The monoisotopic (exact) mass is 194 g/mol. The van der Waals surface area contributed by atoms with Crippen molar-refractivity contribution in [2.75, 3.05) is 19.0 Å². The maximum absolute atomic E-state index is 5.79. The summed E-state index contributed by atoms with van der Waals surface area (Å²) < 4.78 is 5.79. The molecule has 1 aromatic heterocycles. The van der Waals surface area contributed by atoms with Crippen LogP contribution in [0, 0.1) is 0 Å². The van der Waals surface area contributed by atoms with Crippen LogP contribution in [0.25, 0.3) is 0 Å². The summed E-state index contributed by atoms with van der Waals surface area (Å²) >= 11 is 0. The highest BCUT2D eigenvalue weighted by Crippen LogP contribution is 2.26. The molecule has 1 heterocycles. The predicted molar refractivity (Wildman–Crippen MR) is 58.9 cm³/mol. The highest BCUT2D eigenvalue weighted by atomic mass is 16.5. The second-order valence-electron chi connectivity index (χ2n) is 4.43. The first-order valence-corrected chi connectivity index (χ1v) is 4.71. The van der Waals surface area contributed by atoms with Crippen LogP contribution >= 0.6 is 0 Å². The minimum absolute atomic E-state index is 0.187. The lowest BCUT2D eigenvalue weighted by atomic mass is 10.2. The third kappa shape index (κ3) is 2.91. The largest absolute Gasteiger partial charge is 0.484 e. The van der Waals surface area contributed by atoms with Crippen molar-refractivity contribution in [1.82, 2.24) is 4.98 Å². The summed E-state index contributed by atoms with van der Waals surface area (Å²) in [6.07, 6.45) is 1.77. The van der Waals surface area contributed by atoms with E-state index in [0.29, 0.717) is 0 Å². The fourth-order valence-corrected chi connectivity index (χ4v) is 1.13. The van der Waals surface area contributed by atoms with Gasteiger partial charge < -0.3 is 9.64 Å². The molecular weight excluding hydrogens is 176 g/mol. The van der Waals surface area contributed by atoms with E-state index >= 15 is 0 Å². The lowest BCUT2D eigenvalue weighted by molar-refractivity contribution is 0.131. The van der Waals surface area contributed by atoms with Crippen molar-refractivity contribution in [1.29, 1.82) is 0 Å². The molecule has 0 fully saturated rings. The minimum atomic E-state index is -0.187. The summed E-state index contributed by atoms with van der Waals surface area (Å²) in [6, 6.07) is 3.82. The molecular formula is C11H18N2O.